The van der Waals surface area contributed by atoms with Crippen molar-refractivity contribution in [2.75, 3.05) is 18.6 Å². The zero-order valence-electron chi connectivity index (χ0n) is 11.5. The molecule has 0 saturated carbocycles. The lowest BCUT2D eigenvalue weighted by molar-refractivity contribution is 0.596. The van der Waals surface area contributed by atoms with Gasteiger partial charge in [-0.25, -0.2) is 8.42 Å². The van der Waals surface area contributed by atoms with E-state index < -0.39 is 9.84 Å². The van der Waals surface area contributed by atoms with Crippen LogP contribution in [-0.4, -0.2) is 36.8 Å². The molecule has 0 aliphatic rings. The maximum absolute atomic E-state index is 11.0. The number of rotatable bonds is 7. The Morgan fingerprint density at radius 2 is 1.95 bits per heavy atom. The largest absolute Gasteiger partial charge is 0.312 e. The summed E-state index contributed by atoms with van der Waals surface area (Å²) in [6, 6.07) is 10.1. The van der Waals surface area contributed by atoms with Gasteiger partial charge in [0, 0.05) is 31.1 Å². The second kappa shape index (κ2) is 6.67. The first-order chi connectivity index (χ1) is 9.53. The fourth-order valence-corrected chi connectivity index (χ4v) is 2.36. The summed E-state index contributed by atoms with van der Waals surface area (Å²) in [5.74, 6) is 0.158. The van der Waals surface area contributed by atoms with Gasteiger partial charge in [0.15, 0.2) is 0 Å². The number of nitrogens with one attached hydrogen (secondary N) is 1. The van der Waals surface area contributed by atoms with E-state index in [9.17, 15) is 8.42 Å². The quantitative estimate of drug-likeness (QED) is 0.776. The van der Waals surface area contributed by atoms with Crippen LogP contribution in [0.25, 0.3) is 0 Å². The van der Waals surface area contributed by atoms with Crippen LogP contribution >= 0.6 is 0 Å². The first-order valence-corrected chi connectivity index (χ1v) is 8.53. The van der Waals surface area contributed by atoms with Crippen molar-refractivity contribution in [3.8, 4) is 0 Å². The van der Waals surface area contributed by atoms with Crippen LogP contribution in [-0.2, 0) is 22.9 Å². The van der Waals surface area contributed by atoms with Gasteiger partial charge in [-0.05, 0) is 5.56 Å². The predicted molar refractivity (Wildman–Crippen MR) is 79.2 cm³/mol. The highest BCUT2D eigenvalue weighted by atomic mass is 32.2. The van der Waals surface area contributed by atoms with Gasteiger partial charge < -0.3 is 5.32 Å². The Bertz CT molecular complexity index is 635. The minimum Gasteiger partial charge on any atom is -0.312 e. The average molecular weight is 293 g/mol. The van der Waals surface area contributed by atoms with Crippen molar-refractivity contribution in [3.63, 3.8) is 0 Å². The summed E-state index contributed by atoms with van der Waals surface area (Å²) < 4.78 is 23.9. The molecule has 1 N–H and O–H groups in total. The number of hydrogen-bond donors (Lipinski definition) is 1. The molecule has 1 heterocycles. The first kappa shape index (κ1) is 14.7. The lowest BCUT2D eigenvalue weighted by atomic mass is 10.2. The number of nitrogens with zero attached hydrogens (tertiary/aromatic N) is 2. The SMILES string of the molecule is CS(=O)(=O)CCNCc1cnn(Cc2ccccc2)c1. The molecule has 1 aromatic heterocycles. The molecule has 0 saturated heterocycles. The van der Waals surface area contributed by atoms with Crippen LogP contribution in [0.1, 0.15) is 11.1 Å². The number of hydrogen-bond acceptors (Lipinski definition) is 4. The van der Waals surface area contributed by atoms with Gasteiger partial charge in [0.2, 0.25) is 0 Å². The minimum absolute atomic E-state index is 0.158. The maximum Gasteiger partial charge on any atom is 0.148 e. The summed E-state index contributed by atoms with van der Waals surface area (Å²) >= 11 is 0. The molecule has 0 fully saturated rings. The van der Waals surface area contributed by atoms with Gasteiger partial charge >= 0.3 is 0 Å². The molecule has 0 aliphatic carbocycles. The Balaban J connectivity index is 1.81. The molecule has 2 aromatic rings. The average Bonchev–Trinajstić information content (AvgIpc) is 2.82. The molecule has 0 radical (unpaired) electrons. The highest BCUT2D eigenvalue weighted by Crippen LogP contribution is 2.03. The van der Waals surface area contributed by atoms with E-state index in [1.165, 1.54) is 11.8 Å². The molecule has 108 valence electrons. The van der Waals surface area contributed by atoms with E-state index in [1.807, 2.05) is 29.1 Å². The van der Waals surface area contributed by atoms with Crippen molar-refractivity contribution in [2.45, 2.75) is 13.1 Å². The van der Waals surface area contributed by atoms with Crippen LogP contribution in [0.4, 0.5) is 0 Å². The van der Waals surface area contributed by atoms with Crippen LogP contribution in [0.2, 0.25) is 0 Å². The fraction of sp³-hybridized carbons (Fsp3) is 0.357. The van der Waals surface area contributed by atoms with E-state index in [2.05, 4.69) is 22.5 Å². The second-order valence-corrected chi connectivity index (χ2v) is 7.10. The topological polar surface area (TPSA) is 64.0 Å². The fourth-order valence-electron chi connectivity index (χ4n) is 1.84. The highest BCUT2D eigenvalue weighted by Gasteiger charge is 2.02. The van der Waals surface area contributed by atoms with E-state index in [0.29, 0.717) is 13.1 Å². The molecule has 0 amide bonds. The molecule has 0 spiro atoms. The van der Waals surface area contributed by atoms with Gasteiger partial charge in [0.1, 0.15) is 9.84 Å². The second-order valence-electron chi connectivity index (χ2n) is 4.84. The van der Waals surface area contributed by atoms with Crippen LogP contribution in [0, 0.1) is 0 Å². The van der Waals surface area contributed by atoms with Gasteiger partial charge in [0.05, 0.1) is 18.5 Å². The Hall–Kier alpha value is -1.66. The van der Waals surface area contributed by atoms with Gasteiger partial charge in [0.25, 0.3) is 0 Å². The smallest absolute Gasteiger partial charge is 0.148 e. The Kier molecular flexibility index (Phi) is 4.92. The lowest BCUT2D eigenvalue weighted by Gasteiger charge is -2.02. The van der Waals surface area contributed by atoms with Crippen LogP contribution in [0.3, 0.4) is 0 Å². The maximum atomic E-state index is 11.0. The number of aromatic nitrogens is 2. The van der Waals surface area contributed by atoms with E-state index in [1.54, 1.807) is 6.20 Å². The zero-order valence-corrected chi connectivity index (χ0v) is 12.3. The van der Waals surface area contributed by atoms with Crippen LogP contribution in [0.5, 0.6) is 0 Å². The van der Waals surface area contributed by atoms with E-state index in [0.717, 1.165) is 12.1 Å². The predicted octanol–water partition coefficient (Wildman–Crippen LogP) is 1.07. The summed E-state index contributed by atoms with van der Waals surface area (Å²) in [6.45, 7) is 1.83. The molecule has 1 aromatic carbocycles. The molecular formula is C14H19N3O2S. The van der Waals surface area contributed by atoms with Crippen LogP contribution < -0.4 is 5.32 Å². The standard InChI is InChI=1S/C14H19N3O2S/c1-20(18,19)8-7-15-9-14-10-16-17(12-14)11-13-5-3-2-4-6-13/h2-6,10,12,15H,7-9,11H2,1H3. The van der Waals surface area contributed by atoms with Crippen LogP contribution in [0.15, 0.2) is 42.7 Å². The van der Waals surface area contributed by atoms with Gasteiger partial charge in [-0.1, -0.05) is 30.3 Å². The molecule has 20 heavy (non-hydrogen) atoms. The van der Waals surface area contributed by atoms with E-state index in [-0.39, 0.29) is 5.75 Å². The van der Waals surface area contributed by atoms with Crippen molar-refractivity contribution in [1.29, 1.82) is 0 Å². The normalized spacial score (nSPS) is 11.7. The van der Waals surface area contributed by atoms with Crippen molar-refractivity contribution in [3.05, 3.63) is 53.9 Å². The Morgan fingerprint density at radius 3 is 2.65 bits per heavy atom. The summed E-state index contributed by atoms with van der Waals surface area (Å²) in [5.41, 5.74) is 2.25. The monoisotopic (exact) mass is 293 g/mol. The summed E-state index contributed by atoms with van der Waals surface area (Å²) in [7, 11) is -2.90. The van der Waals surface area contributed by atoms with Crippen molar-refractivity contribution in [1.82, 2.24) is 15.1 Å². The summed E-state index contributed by atoms with van der Waals surface area (Å²) in [4.78, 5) is 0. The Morgan fingerprint density at radius 1 is 1.20 bits per heavy atom. The first-order valence-electron chi connectivity index (χ1n) is 6.47. The van der Waals surface area contributed by atoms with E-state index in [4.69, 9.17) is 0 Å². The molecule has 0 unspecified atom stereocenters. The third-order valence-corrected chi connectivity index (χ3v) is 3.80. The Labute approximate surface area is 119 Å². The molecule has 0 aliphatic heterocycles. The minimum atomic E-state index is -2.90. The van der Waals surface area contributed by atoms with Gasteiger partial charge in [-0.2, -0.15) is 5.10 Å². The van der Waals surface area contributed by atoms with Crippen molar-refractivity contribution >= 4 is 9.84 Å². The molecule has 2 rings (SSSR count). The van der Waals surface area contributed by atoms with Gasteiger partial charge in [-0.3, -0.25) is 4.68 Å². The third-order valence-electron chi connectivity index (χ3n) is 2.85. The van der Waals surface area contributed by atoms with Gasteiger partial charge in [-0.15, -0.1) is 0 Å². The molecule has 0 bridgehead atoms. The molecular weight excluding hydrogens is 274 g/mol. The highest BCUT2D eigenvalue weighted by molar-refractivity contribution is 7.90. The summed E-state index contributed by atoms with van der Waals surface area (Å²) in [6.07, 6.45) is 5.02. The lowest BCUT2D eigenvalue weighted by Crippen LogP contribution is -2.21. The summed E-state index contributed by atoms with van der Waals surface area (Å²) in [5, 5.41) is 7.40. The number of benzene rings is 1. The zero-order chi connectivity index (χ0) is 14.4. The molecule has 0 atom stereocenters. The molecule has 5 nitrogen and oxygen atoms in total. The third kappa shape index (κ3) is 5.14. The number of sulfone groups is 1. The van der Waals surface area contributed by atoms with Crippen molar-refractivity contribution < 1.29 is 8.42 Å². The molecule has 6 heteroatoms. The van der Waals surface area contributed by atoms with E-state index >= 15 is 0 Å². The van der Waals surface area contributed by atoms with Crippen molar-refractivity contribution in [2.24, 2.45) is 0 Å².